The maximum Gasteiger partial charge on any atom is 0.481 e. The quantitative estimate of drug-likeness (QED) is 0.0933. The molecule has 3 atom stereocenters. The smallest absolute Gasteiger partial charge is 0.388 e. The summed E-state index contributed by atoms with van der Waals surface area (Å²) in [5, 5.41) is 11.1. The molecule has 0 radical (unpaired) electrons. The van der Waals surface area contributed by atoms with Gasteiger partial charge in [0.05, 0.1) is 18.4 Å². The highest BCUT2D eigenvalue weighted by atomic mass is 32.2. The van der Waals surface area contributed by atoms with E-state index in [2.05, 4.69) is 11.6 Å². The van der Waals surface area contributed by atoms with Crippen LogP contribution in [0.2, 0.25) is 0 Å². The Bertz CT molecular complexity index is 864. The molecular formula is C27H49NO8PS+. The number of benzene rings is 1. The lowest BCUT2D eigenvalue weighted by Crippen LogP contribution is -2.52. The highest BCUT2D eigenvalue weighted by Crippen LogP contribution is 2.47. The predicted molar refractivity (Wildman–Crippen MR) is 152 cm³/mol. The van der Waals surface area contributed by atoms with E-state index in [0.717, 1.165) is 44.9 Å². The molecule has 0 aliphatic heterocycles. The number of aliphatic hydroxyl groups is 1. The molecule has 11 heteroatoms. The standard InChI is InChI=1S/C27H49NO8PS/c1-3-5-7-9-10-11-12-17-21-38(34,35)28-24(20-16-8-6-4-2)25(29)26(27(30)37(31,32)33)36-22-23-18-14-13-15-19-23/h13-15,18-19,24-26,28-29,31-33H,3-12,16-17,20-22H2,1-2H3/q+1. The molecule has 5 N–H and O–H groups in total. The Labute approximate surface area is 229 Å². The first-order valence-electron chi connectivity index (χ1n) is 14.0. The van der Waals surface area contributed by atoms with Gasteiger partial charge in [0.1, 0.15) is 6.10 Å². The Kier molecular flexibility index (Phi) is 17.7. The molecule has 0 aliphatic carbocycles. The molecule has 0 aromatic heterocycles. The summed E-state index contributed by atoms with van der Waals surface area (Å²) in [5.41, 5.74) is -0.799. The molecule has 38 heavy (non-hydrogen) atoms. The number of carbonyl (C=O) groups excluding carboxylic acids is 1. The summed E-state index contributed by atoms with van der Waals surface area (Å²) in [6.45, 7) is 4.05. The van der Waals surface area contributed by atoms with Crippen LogP contribution in [0, 0.1) is 0 Å². The first-order chi connectivity index (χ1) is 18.0. The number of rotatable bonds is 23. The van der Waals surface area contributed by atoms with Crippen LogP contribution in [0.25, 0.3) is 0 Å². The van der Waals surface area contributed by atoms with Gasteiger partial charge in [-0.25, -0.2) is 17.9 Å². The summed E-state index contributed by atoms with van der Waals surface area (Å²) < 4.78 is 33.9. The van der Waals surface area contributed by atoms with Gasteiger partial charge in [-0.3, -0.25) is 0 Å². The second-order valence-electron chi connectivity index (χ2n) is 9.98. The molecule has 0 saturated heterocycles. The number of hydrogen-bond acceptors (Lipinski definition) is 8. The lowest BCUT2D eigenvalue weighted by atomic mass is 10.00. The molecule has 1 aromatic rings. The fourth-order valence-corrected chi connectivity index (χ4v) is 6.25. The van der Waals surface area contributed by atoms with E-state index in [1.807, 2.05) is 6.92 Å². The Morgan fingerprint density at radius 1 is 0.868 bits per heavy atom. The van der Waals surface area contributed by atoms with E-state index in [-0.39, 0.29) is 18.8 Å². The first kappa shape index (κ1) is 35.1. The number of nitrogens with one attached hydrogen (secondary N) is 1. The molecule has 9 nitrogen and oxygen atoms in total. The number of ether oxygens (including phenoxy) is 1. The van der Waals surface area contributed by atoms with Gasteiger partial charge in [-0.15, -0.1) is 0 Å². The van der Waals surface area contributed by atoms with E-state index in [1.54, 1.807) is 30.3 Å². The van der Waals surface area contributed by atoms with Crippen LogP contribution in [-0.2, 0) is 26.2 Å². The van der Waals surface area contributed by atoms with Crippen molar-refractivity contribution in [3.05, 3.63) is 35.9 Å². The molecule has 0 heterocycles. The van der Waals surface area contributed by atoms with Crippen LogP contribution in [0.1, 0.15) is 103 Å². The van der Waals surface area contributed by atoms with Gasteiger partial charge in [0, 0.05) is 0 Å². The number of sulfonamides is 1. The molecule has 1 rings (SSSR count). The normalized spacial score (nSPS) is 14.8. The van der Waals surface area contributed by atoms with Gasteiger partial charge in [0.15, 0.2) is 6.10 Å². The molecule has 3 unspecified atom stereocenters. The molecular weight excluding hydrogens is 529 g/mol. The third kappa shape index (κ3) is 15.0. The summed E-state index contributed by atoms with van der Waals surface area (Å²) in [6, 6.07) is 7.65. The maximum absolute atomic E-state index is 12.9. The second-order valence-corrected chi connectivity index (χ2v) is 13.4. The lowest BCUT2D eigenvalue weighted by Gasteiger charge is -2.29. The molecule has 0 amide bonds. The van der Waals surface area contributed by atoms with E-state index in [0.29, 0.717) is 18.4 Å². The van der Waals surface area contributed by atoms with Crippen molar-refractivity contribution < 1.29 is 37.7 Å². The van der Waals surface area contributed by atoms with Gasteiger partial charge in [0.2, 0.25) is 10.0 Å². The minimum absolute atomic E-state index is 0.111. The van der Waals surface area contributed by atoms with Gasteiger partial charge >= 0.3 is 13.5 Å². The Balaban J connectivity index is 2.90. The fourth-order valence-electron chi connectivity index (χ4n) is 4.26. The van der Waals surface area contributed by atoms with Gasteiger partial charge < -0.3 is 9.84 Å². The van der Waals surface area contributed by atoms with Gasteiger partial charge in [-0.05, 0) is 18.4 Å². The monoisotopic (exact) mass is 578 g/mol. The average Bonchev–Trinajstić information content (AvgIpc) is 2.87. The zero-order chi connectivity index (χ0) is 28.4. The Morgan fingerprint density at radius 3 is 1.95 bits per heavy atom. The summed E-state index contributed by atoms with van der Waals surface area (Å²) >= 11 is 0. The van der Waals surface area contributed by atoms with Crippen molar-refractivity contribution in [2.24, 2.45) is 0 Å². The molecule has 0 spiro atoms. The largest absolute Gasteiger partial charge is 0.481 e. The van der Waals surface area contributed by atoms with Crippen LogP contribution >= 0.6 is 7.94 Å². The Morgan fingerprint density at radius 2 is 1.39 bits per heavy atom. The molecule has 1 aromatic carbocycles. The topological polar surface area (TPSA) is 153 Å². The lowest BCUT2D eigenvalue weighted by molar-refractivity contribution is -0.135. The van der Waals surface area contributed by atoms with E-state index >= 15 is 0 Å². The molecule has 0 saturated carbocycles. The average molecular weight is 579 g/mol. The third-order valence-electron chi connectivity index (χ3n) is 6.50. The summed E-state index contributed by atoms with van der Waals surface area (Å²) in [7, 11) is -8.79. The number of unbranched alkanes of at least 4 members (excludes halogenated alkanes) is 10. The van der Waals surface area contributed by atoms with Crippen molar-refractivity contribution in [2.45, 2.75) is 122 Å². The van der Waals surface area contributed by atoms with Crippen LogP contribution in [0.3, 0.4) is 0 Å². The number of aliphatic hydroxyl groups excluding tert-OH is 1. The van der Waals surface area contributed by atoms with Crippen LogP contribution in [0.15, 0.2) is 30.3 Å². The van der Waals surface area contributed by atoms with Crippen molar-refractivity contribution in [1.82, 2.24) is 4.72 Å². The van der Waals surface area contributed by atoms with E-state index in [1.165, 1.54) is 19.3 Å². The van der Waals surface area contributed by atoms with Gasteiger partial charge in [-0.1, -0.05) is 115 Å². The van der Waals surface area contributed by atoms with E-state index in [4.69, 9.17) is 4.74 Å². The van der Waals surface area contributed by atoms with Crippen LogP contribution in [-0.4, -0.2) is 57.7 Å². The molecule has 220 valence electrons. The predicted octanol–water partition coefficient (Wildman–Crippen LogP) is 4.60. The van der Waals surface area contributed by atoms with Crippen LogP contribution < -0.4 is 4.72 Å². The minimum Gasteiger partial charge on any atom is -0.388 e. The highest BCUT2D eigenvalue weighted by Gasteiger charge is 2.52. The second kappa shape index (κ2) is 19.2. The van der Waals surface area contributed by atoms with Gasteiger partial charge in [0.25, 0.3) is 0 Å². The zero-order valence-corrected chi connectivity index (χ0v) is 24.7. The highest BCUT2D eigenvalue weighted by molar-refractivity contribution is 7.89. The molecule has 0 fully saturated rings. The van der Waals surface area contributed by atoms with Crippen LogP contribution in [0.5, 0.6) is 0 Å². The minimum atomic E-state index is -5.00. The summed E-state index contributed by atoms with van der Waals surface area (Å²) in [6.07, 6.45) is 7.98. The SMILES string of the molecule is CCCCCCCCCCS(=O)(=O)NC(CCCCCC)C(O)C(OCc1ccccc1)C(=O)[P+](O)(O)O. The zero-order valence-electron chi connectivity index (χ0n) is 23.0. The van der Waals surface area contributed by atoms with Crippen molar-refractivity contribution in [2.75, 3.05) is 5.75 Å². The molecule has 0 aliphatic rings. The summed E-state index contributed by atoms with van der Waals surface area (Å²) in [5.74, 6) is -0.111. The Hall–Kier alpha value is -0.970. The maximum atomic E-state index is 12.9. The van der Waals surface area contributed by atoms with Crippen molar-refractivity contribution >= 4 is 23.5 Å². The first-order valence-corrected chi connectivity index (χ1v) is 17.3. The molecule has 0 bridgehead atoms. The number of hydrogen-bond donors (Lipinski definition) is 5. The fraction of sp³-hybridized carbons (Fsp3) is 0.741. The van der Waals surface area contributed by atoms with Crippen LogP contribution in [0.4, 0.5) is 0 Å². The third-order valence-corrected chi connectivity index (χ3v) is 8.83. The number of carbonyl (C=O) groups is 1. The van der Waals surface area contributed by atoms with Crippen molar-refractivity contribution in [3.8, 4) is 0 Å². The van der Waals surface area contributed by atoms with Crippen molar-refractivity contribution in [3.63, 3.8) is 0 Å². The van der Waals surface area contributed by atoms with Crippen molar-refractivity contribution in [1.29, 1.82) is 0 Å². The summed E-state index contributed by atoms with van der Waals surface area (Å²) in [4.78, 5) is 41.6. The van der Waals surface area contributed by atoms with Gasteiger partial charge in [-0.2, -0.15) is 14.7 Å². The van der Waals surface area contributed by atoms with E-state index < -0.39 is 41.7 Å². The van der Waals surface area contributed by atoms with E-state index in [9.17, 15) is 33.0 Å².